The zero-order chi connectivity index (χ0) is 13.3. The first-order chi connectivity index (χ1) is 9.25. The molecule has 1 unspecified atom stereocenters. The van der Waals surface area contributed by atoms with Gasteiger partial charge >= 0.3 is 0 Å². The summed E-state index contributed by atoms with van der Waals surface area (Å²) in [6.07, 6.45) is 0.883. The van der Waals surface area contributed by atoms with E-state index in [0.717, 1.165) is 6.42 Å². The highest BCUT2D eigenvalue weighted by molar-refractivity contribution is 7.17. The highest BCUT2D eigenvalue weighted by Gasteiger charge is 2.29. The maximum atomic E-state index is 6.77. The average Bonchev–Trinajstić information content (AvgIpc) is 2.95. The molecule has 0 saturated carbocycles. The Bertz CT molecular complexity index is 687. The molecule has 1 aromatic heterocycles. The quantitative estimate of drug-likeness (QED) is 0.742. The fraction of sp³-hybridized carbons (Fsp3) is 0.176. The minimum atomic E-state index is -0.411. The lowest BCUT2D eigenvalue weighted by molar-refractivity contribution is 0.524. The van der Waals surface area contributed by atoms with E-state index in [-0.39, 0.29) is 0 Å². The lowest BCUT2D eigenvalue weighted by atomic mass is 9.81. The zero-order valence-electron chi connectivity index (χ0n) is 11.0. The van der Waals surface area contributed by atoms with E-state index in [0.29, 0.717) is 0 Å². The second kappa shape index (κ2) is 4.80. The van der Waals surface area contributed by atoms with Gasteiger partial charge in [0.1, 0.15) is 0 Å². The van der Waals surface area contributed by atoms with E-state index in [1.807, 2.05) is 6.07 Å². The number of hydrogen-bond donors (Lipinski definition) is 1. The largest absolute Gasteiger partial charge is 0.318 e. The number of thiophene rings is 1. The minimum absolute atomic E-state index is 0.411. The second-order valence-corrected chi connectivity index (χ2v) is 5.75. The second-order valence-electron chi connectivity index (χ2n) is 4.84. The van der Waals surface area contributed by atoms with E-state index >= 15 is 0 Å². The van der Waals surface area contributed by atoms with Gasteiger partial charge in [0.15, 0.2) is 0 Å². The molecule has 3 aromatic rings. The van der Waals surface area contributed by atoms with E-state index < -0.39 is 5.54 Å². The van der Waals surface area contributed by atoms with Gasteiger partial charge in [-0.2, -0.15) is 0 Å². The molecule has 1 nitrogen and oxygen atoms in total. The highest BCUT2D eigenvalue weighted by atomic mass is 32.1. The third kappa shape index (κ3) is 1.97. The Morgan fingerprint density at radius 3 is 2.53 bits per heavy atom. The Balaban J connectivity index is 2.25. The maximum Gasteiger partial charge on any atom is 0.0677 e. The van der Waals surface area contributed by atoms with Gasteiger partial charge in [-0.1, -0.05) is 55.5 Å². The summed E-state index contributed by atoms with van der Waals surface area (Å²) in [6.45, 7) is 2.15. The molecule has 0 fully saturated rings. The van der Waals surface area contributed by atoms with Gasteiger partial charge in [0.2, 0.25) is 0 Å². The van der Waals surface area contributed by atoms with E-state index in [9.17, 15) is 0 Å². The van der Waals surface area contributed by atoms with E-state index in [2.05, 4.69) is 60.8 Å². The first-order valence-electron chi connectivity index (χ1n) is 6.57. The summed E-state index contributed by atoms with van der Waals surface area (Å²) < 4.78 is 1.30. The smallest absolute Gasteiger partial charge is 0.0677 e. The van der Waals surface area contributed by atoms with Gasteiger partial charge in [0, 0.05) is 4.70 Å². The summed E-state index contributed by atoms with van der Waals surface area (Å²) in [7, 11) is 0. The topological polar surface area (TPSA) is 26.0 Å². The summed E-state index contributed by atoms with van der Waals surface area (Å²) in [5.74, 6) is 0. The van der Waals surface area contributed by atoms with E-state index in [4.69, 9.17) is 5.73 Å². The molecule has 2 aromatic carbocycles. The first-order valence-corrected chi connectivity index (χ1v) is 7.45. The van der Waals surface area contributed by atoms with Crippen LogP contribution in [0.25, 0.3) is 10.1 Å². The molecule has 0 bridgehead atoms. The molecule has 0 radical (unpaired) electrons. The molecular formula is C17H17NS. The molecule has 2 heteroatoms. The zero-order valence-corrected chi connectivity index (χ0v) is 11.8. The lowest BCUT2D eigenvalue weighted by Gasteiger charge is -2.30. The van der Waals surface area contributed by atoms with Crippen LogP contribution in [0.2, 0.25) is 0 Å². The average molecular weight is 267 g/mol. The van der Waals surface area contributed by atoms with Crippen LogP contribution >= 0.6 is 11.3 Å². The molecule has 1 atom stereocenters. The maximum absolute atomic E-state index is 6.77. The Kier molecular flexibility index (Phi) is 3.13. The van der Waals surface area contributed by atoms with E-state index in [1.165, 1.54) is 21.2 Å². The van der Waals surface area contributed by atoms with Crippen LogP contribution in [0.5, 0.6) is 0 Å². The van der Waals surface area contributed by atoms with Crippen molar-refractivity contribution in [3.63, 3.8) is 0 Å². The molecule has 3 rings (SSSR count). The Morgan fingerprint density at radius 2 is 1.79 bits per heavy atom. The third-order valence-corrected chi connectivity index (χ3v) is 4.77. The number of benzene rings is 2. The van der Waals surface area contributed by atoms with Gasteiger partial charge in [0.25, 0.3) is 0 Å². The minimum Gasteiger partial charge on any atom is -0.318 e. The molecular weight excluding hydrogens is 250 g/mol. The van der Waals surface area contributed by atoms with Crippen molar-refractivity contribution in [2.45, 2.75) is 18.9 Å². The Morgan fingerprint density at radius 1 is 1.00 bits per heavy atom. The highest BCUT2D eigenvalue weighted by Crippen LogP contribution is 2.37. The van der Waals surface area contributed by atoms with Crippen molar-refractivity contribution in [1.82, 2.24) is 0 Å². The molecule has 19 heavy (non-hydrogen) atoms. The van der Waals surface area contributed by atoms with Gasteiger partial charge in [0.05, 0.1) is 5.54 Å². The molecule has 2 N–H and O–H groups in total. The fourth-order valence-corrected chi connectivity index (χ4v) is 3.63. The van der Waals surface area contributed by atoms with Gasteiger partial charge in [-0.05, 0) is 34.4 Å². The molecule has 0 spiro atoms. The van der Waals surface area contributed by atoms with Crippen molar-refractivity contribution in [3.05, 3.63) is 71.1 Å². The monoisotopic (exact) mass is 267 g/mol. The molecule has 0 aliphatic heterocycles. The van der Waals surface area contributed by atoms with Crippen molar-refractivity contribution in [2.75, 3.05) is 0 Å². The summed E-state index contributed by atoms with van der Waals surface area (Å²) in [5.41, 5.74) is 8.77. The molecule has 0 aliphatic rings. The number of hydrogen-bond acceptors (Lipinski definition) is 2. The summed E-state index contributed by atoms with van der Waals surface area (Å²) in [6, 6.07) is 19.0. The Hall–Kier alpha value is -1.64. The normalized spacial score (nSPS) is 14.4. The van der Waals surface area contributed by atoms with Crippen molar-refractivity contribution in [3.8, 4) is 0 Å². The van der Waals surface area contributed by atoms with E-state index in [1.54, 1.807) is 11.3 Å². The van der Waals surface area contributed by atoms with Crippen LogP contribution < -0.4 is 5.73 Å². The Labute approximate surface area is 117 Å². The van der Waals surface area contributed by atoms with Crippen LogP contribution in [-0.2, 0) is 5.54 Å². The predicted octanol–water partition coefficient (Wildman–Crippen LogP) is 4.51. The van der Waals surface area contributed by atoms with Gasteiger partial charge in [-0.3, -0.25) is 0 Å². The SMILES string of the molecule is CCC(N)(c1ccccc1)c1cccc2ccsc12. The van der Waals surface area contributed by atoms with Crippen molar-refractivity contribution < 1.29 is 0 Å². The first kappa shape index (κ1) is 12.4. The van der Waals surface area contributed by atoms with Crippen LogP contribution in [0.3, 0.4) is 0 Å². The van der Waals surface area contributed by atoms with Crippen LogP contribution in [0, 0.1) is 0 Å². The summed E-state index contributed by atoms with van der Waals surface area (Å²) in [4.78, 5) is 0. The van der Waals surface area contributed by atoms with Crippen LogP contribution in [0.4, 0.5) is 0 Å². The lowest BCUT2D eigenvalue weighted by Crippen LogP contribution is -2.37. The summed E-state index contributed by atoms with van der Waals surface area (Å²) in [5, 5.41) is 3.41. The number of fused-ring (bicyclic) bond motifs is 1. The van der Waals surface area contributed by atoms with Gasteiger partial charge in [-0.15, -0.1) is 11.3 Å². The molecule has 1 heterocycles. The summed E-state index contributed by atoms with van der Waals surface area (Å²) >= 11 is 1.77. The molecule has 0 aliphatic carbocycles. The van der Waals surface area contributed by atoms with Crippen molar-refractivity contribution in [2.24, 2.45) is 5.73 Å². The van der Waals surface area contributed by atoms with Gasteiger partial charge in [-0.25, -0.2) is 0 Å². The molecule has 0 amide bonds. The standard InChI is InChI=1S/C17H17NS/c1-2-17(18,14-8-4-3-5-9-14)15-10-6-7-13-11-12-19-16(13)15/h3-12H,2,18H2,1H3. The fourth-order valence-electron chi connectivity index (χ4n) is 2.63. The third-order valence-electron chi connectivity index (χ3n) is 3.81. The number of nitrogens with two attached hydrogens (primary N) is 1. The van der Waals surface area contributed by atoms with Gasteiger partial charge < -0.3 is 5.73 Å². The van der Waals surface area contributed by atoms with Crippen LogP contribution in [0.1, 0.15) is 24.5 Å². The molecule has 96 valence electrons. The van der Waals surface area contributed by atoms with Crippen LogP contribution in [-0.4, -0.2) is 0 Å². The predicted molar refractivity (Wildman–Crippen MR) is 83.5 cm³/mol. The van der Waals surface area contributed by atoms with Crippen LogP contribution in [0.15, 0.2) is 60.0 Å². The van der Waals surface area contributed by atoms with Crippen molar-refractivity contribution >= 4 is 21.4 Å². The molecule has 0 saturated heterocycles. The number of rotatable bonds is 3. The van der Waals surface area contributed by atoms with Crippen molar-refractivity contribution in [1.29, 1.82) is 0 Å².